The van der Waals surface area contributed by atoms with Gasteiger partial charge in [0.15, 0.2) is 0 Å². The van der Waals surface area contributed by atoms with Gasteiger partial charge in [0.2, 0.25) is 0 Å². The Kier molecular flexibility index (Phi) is 8.15. The molecule has 0 saturated heterocycles. The molecule has 23 heavy (non-hydrogen) atoms. The van der Waals surface area contributed by atoms with E-state index in [4.69, 9.17) is 0 Å². The van der Waals surface area contributed by atoms with E-state index >= 15 is 0 Å². The summed E-state index contributed by atoms with van der Waals surface area (Å²) in [6, 6.07) is 20.5. The Morgan fingerprint density at radius 2 is 1.61 bits per heavy atom. The van der Waals surface area contributed by atoms with Gasteiger partial charge in [-0.05, 0) is 5.56 Å². The number of hydrogen-bond donors (Lipinski definition) is 1. The van der Waals surface area contributed by atoms with Crippen molar-refractivity contribution in [1.82, 2.24) is 16.1 Å². The van der Waals surface area contributed by atoms with Gasteiger partial charge in [0.25, 0.3) is 0 Å². The van der Waals surface area contributed by atoms with Gasteiger partial charge < -0.3 is 0 Å². The van der Waals surface area contributed by atoms with Crippen molar-refractivity contribution in [3.8, 4) is 11.4 Å². The molecule has 0 unspecified atom stereocenters. The molecular formula is C16H16I2N4Pt. The second-order valence-corrected chi connectivity index (χ2v) is 9.92. The van der Waals surface area contributed by atoms with E-state index in [0.717, 1.165) is 21.7 Å². The van der Waals surface area contributed by atoms with Gasteiger partial charge in [0.05, 0.1) is 0 Å². The van der Waals surface area contributed by atoms with Gasteiger partial charge >= 0.3 is 86.7 Å². The molecule has 0 amide bonds. The van der Waals surface area contributed by atoms with Gasteiger partial charge in [-0.2, -0.15) is 1.33 Å². The average molecular weight is 713 g/mol. The fourth-order valence-corrected chi connectivity index (χ4v) is 3.00. The largest absolute Gasteiger partial charge is 0.184 e. The number of hydrogen-bond acceptors (Lipinski definition) is 2. The van der Waals surface area contributed by atoms with Crippen molar-refractivity contribution >= 4 is 45.7 Å². The van der Waals surface area contributed by atoms with Crippen LogP contribution in [0.3, 0.4) is 0 Å². The van der Waals surface area contributed by atoms with Crippen LogP contribution in [0, 0.1) is 3.80 Å². The monoisotopic (exact) mass is 713 g/mol. The number of halogens is 2. The van der Waals surface area contributed by atoms with Gasteiger partial charge in [0.1, 0.15) is 0 Å². The first-order chi connectivity index (χ1) is 11.1. The maximum absolute atomic E-state index is 4.33. The standard InChI is InChI=1S/C9H9N3.C7H7I2N.Pt/c1-12-7-10-9(11-12)8-5-3-2-4-6-8;8-10(9)6-7-4-2-1-3-5-7;/h2-6H,1H3,(H,10,11);1-5H,6H2;. The predicted molar refractivity (Wildman–Crippen MR) is 106 cm³/mol. The normalized spacial score (nSPS) is 10.3. The molecule has 3 aromatic rings. The quantitative estimate of drug-likeness (QED) is 0.317. The summed E-state index contributed by atoms with van der Waals surface area (Å²) in [5.41, 5.74) is 2.47. The van der Waals surface area contributed by atoms with Crippen LogP contribution in [0.5, 0.6) is 0 Å². The molecule has 0 radical (unpaired) electrons. The van der Waals surface area contributed by atoms with Gasteiger partial charge in [-0.25, -0.2) is 0 Å². The number of H-pyrrole nitrogens is 1. The predicted octanol–water partition coefficient (Wildman–Crippen LogP) is 4.68. The smallest absolute Gasteiger partial charge is 0.0435 e. The molecule has 4 nitrogen and oxygen atoms in total. The van der Waals surface area contributed by atoms with Crippen molar-refractivity contribution in [2.24, 2.45) is 7.05 Å². The van der Waals surface area contributed by atoms with Gasteiger partial charge in [-0.1, -0.05) is 30.3 Å². The second-order valence-electron chi connectivity index (χ2n) is 4.67. The van der Waals surface area contributed by atoms with E-state index < -0.39 is 0 Å². The molecule has 7 heteroatoms. The van der Waals surface area contributed by atoms with Crippen molar-refractivity contribution < 1.29 is 19.4 Å². The zero-order valence-corrected chi connectivity index (χ0v) is 19.0. The minimum absolute atomic E-state index is 0.910. The van der Waals surface area contributed by atoms with Crippen LogP contribution in [0.2, 0.25) is 0 Å². The summed E-state index contributed by atoms with van der Waals surface area (Å²) in [4.78, 5) is 3.20. The van der Waals surface area contributed by atoms with Crippen LogP contribution in [0.4, 0.5) is 0 Å². The third-order valence-electron chi connectivity index (χ3n) is 2.92. The fourth-order valence-electron chi connectivity index (χ4n) is 1.83. The first-order valence-electron chi connectivity index (χ1n) is 6.83. The average Bonchev–Trinajstić information content (AvgIpc) is 2.89. The molecular weight excluding hydrogens is 697 g/mol. The van der Waals surface area contributed by atoms with Crippen LogP contribution in [0.25, 0.3) is 11.4 Å². The minimum atomic E-state index is 0.910. The second kappa shape index (κ2) is 9.86. The zero-order valence-electron chi connectivity index (χ0n) is 12.4. The number of nitrogens with one attached hydrogen (secondary N) is 1. The molecule has 124 valence electrons. The molecule has 1 aromatic heterocycles. The number of aryl methyl sites for hydroxylation is 1. The molecule has 0 aliphatic heterocycles. The molecule has 0 fully saturated rings. The van der Waals surface area contributed by atoms with E-state index in [1.807, 2.05) is 48.1 Å². The first-order valence-corrected chi connectivity index (χ1v) is 9.90. The summed E-state index contributed by atoms with van der Waals surface area (Å²) < 4.78 is 4.95. The van der Waals surface area contributed by atoms with Crippen LogP contribution in [0.1, 0.15) is 5.56 Å². The summed E-state index contributed by atoms with van der Waals surface area (Å²) in [5, 5.41) is 4.33. The molecule has 0 atom stereocenters. The molecule has 1 heterocycles. The van der Waals surface area contributed by atoms with Crippen LogP contribution >= 0.6 is 45.7 Å². The van der Waals surface area contributed by atoms with E-state index in [2.05, 4.69) is 101 Å². The molecule has 0 spiro atoms. The van der Waals surface area contributed by atoms with E-state index in [0.29, 0.717) is 0 Å². The first kappa shape index (κ1) is 19.0. The summed E-state index contributed by atoms with van der Waals surface area (Å²) >= 11 is 6.73. The van der Waals surface area contributed by atoms with E-state index in [1.54, 1.807) is 0 Å². The summed E-state index contributed by atoms with van der Waals surface area (Å²) in [5.74, 6) is 0.910. The minimum Gasteiger partial charge on any atom is -0.184 e. The van der Waals surface area contributed by atoms with Crippen LogP contribution < -0.4 is 0 Å². The van der Waals surface area contributed by atoms with Crippen molar-refractivity contribution in [1.29, 1.82) is 0 Å². The van der Waals surface area contributed by atoms with Crippen molar-refractivity contribution in [3.05, 3.63) is 70.0 Å². The summed E-state index contributed by atoms with van der Waals surface area (Å²) in [6.07, 6.45) is 0. The number of benzene rings is 2. The topological polar surface area (TPSA) is 36.9 Å². The zero-order chi connectivity index (χ0) is 16.7. The van der Waals surface area contributed by atoms with Gasteiger partial charge in [0, 0.05) is 52.3 Å². The van der Waals surface area contributed by atoms with Crippen LogP contribution in [-0.4, -0.2) is 16.1 Å². The fraction of sp³-hybridized carbons (Fsp3) is 0.125. The molecule has 0 saturated carbocycles. The Balaban J connectivity index is 0.000000174. The maximum atomic E-state index is 4.33. The van der Waals surface area contributed by atoms with E-state index in [1.165, 1.54) is 5.56 Å². The number of nitrogens with zero attached hydrogens (tertiary/aromatic N) is 3. The molecule has 0 aliphatic rings. The molecule has 0 aliphatic carbocycles. The maximum Gasteiger partial charge on any atom is 0.0435 e. The Morgan fingerprint density at radius 3 is 2.09 bits per heavy atom. The van der Waals surface area contributed by atoms with Crippen molar-refractivity contribution in [2.75, 3.05) is 0 Å². The van der Waals surface area contributed by atoms with Gasteiger partial charge in [-0.15, -0.1) is 0 Å². The van der Waals surface area contributed by atoms with E-state index in [9.17, 15) is 0 Å². The van der Waals surface area contributed by atoms with Gasteiger partial charge in [-0.3, -0.25) is 0 Å². The number of rotatable bonds is 3. The summed E-state index contributed by atoms with van der Waals surface area (Å²) in [7, 11) is 1.92. The SMILES string of the molecule is Cn1nc(-c2ccccc2)[nH][c]1=[Pt].IN(I)Cc1ccccc1. The van der Waals surface area contributed by atoms with Crippen LogP contribution in [-0.2, 0) is 32.9 Å². The number of aromatic amines is 1. The Bertz CT molecular complexity index is 770. The van der Waals surface area contributed by atoms with Crippen molar-refractivity contribution in [2.45, 2.75) is 6.54 Å². The Hall–Kier alpha value is -0.312. The van der Waals surface area contributed by atoms with Crippen molar-refractivity contribution in [3.63, 3.8) is 0 Å². The molecule has 0 bridgehead atoms. The molecule has 1 N–H and O–H groups in total. The summed E-state index contributed by atoms with van der Waals surface area (Å²) in [6.45, 7) is 1.00. The third-order valence-corrected chi connectivity index (χ3v) is 4.62. The Morgan fingerprint density at radius 1 is 1.04 bits per heavy atom. The molecule has 2 aromatic carbocycles. The van der Waals surface area contributed by atoms with E-state index in [-0.39, 0.29) is 0 Å². The van der Waals surface area contributed by atoms with Crippen LogP contribution in [0.15, 0.2) is 60.7 Å². The number of aromatic nitrogens is 3. The molecule has 3 rings (SSSR count). The Labute approximate surface area is 174 Å². The third kappa shape index (κ3) is 6.60.